The van der Waals surface area contributed by atoms with E-state index in [1.807, 2.05) is 0 Å². The fraction of sp³-hybridized carbons (Fsp3) is 0.455. The van der Waals surface area contributed by atoms with Crippen LogP contribution in [-0.4, -0.2) is 46.5 Å². The highest BCUT2D eigenvalue weighted by atomic mass is 16.7. The van der Waals surface area contributed by atoms with Crippen molar-refractivity contribution in [1.82, 2.24) is 0 Å². The number of hydrogen-bond acceptors (Lipinski definition) is 6. The largest absolute Gasteiger partial charge is 0.462 e. The molecular formula is C11H13N3O5. The smallest absolute Gasteiger partial charge is 0.228 e. The van der Waals surface area contributed by atoms with Gasteiger partial charge in [-0.1, -0.05) is 5.11 Å². The van der Waals surface area contributed by atoms with Gasteiger partial charge in [-0.25, -0.2) is 0 Å². The molecule has 1 fully saturated rings. The van der Waals surface area contributed by atoms with Crippen LogP contribution in [0.2, 0.25) is 0 Å². The van der Waals surface area contributed by atoms with Gasteiger partial charge in [-0.3, -0.25) is 0 Å². The minimum absolute atomic E-state index is 0.125. The Bertz CT molecular complexity index is 474. The third-order valence-corrected chi connectivity index (χ3v) is 2.70. The first-order chi connectivity index (χ1) is 9.11. The first-order valence-electron chi connectivity index (χ1n) is 5.59. The molecule has 1 saturated heterocycles. The van der Waals surface area contributed by atoms with E-state index in [0.29, 0.717) is 11.4 Å². The lowest BCUT2D eigenvalue weighted by molar-refractivity contribution is -0.242. The van der Waals surface area contributed by atoms with Crippen molar-refractivity contribution in [2.75, 3.05) is 6.61 Å². The number of ether oxygens (including phenoxy) is 2. The summed E-state index contributed by atoms with van der Waals surface area (Å²) < 4.78 is 10.4. The normalized spacial score (nSPS) is 30.5. The first kappa shape index (κ1) is 13.6. The molecule has 102 valence electrons. The monoisotopic (exact) mass is 267 g/mol. The molecule has 0 radical (unpaired) electrons. The highest BCUT2D eigenvalue weighted by molar-refractivity contribution is 5.41. The molecule has 1 aromatic carbocycles. The van der Waals surface area contributed by atoms with Crippen molar-refractivity contribution in [2.24, 2.45) is 5.11 Å². The number of nitrogens with zero attached hydrogens (tertiary/aromatic N) is 3. The zero-order chi connectivity index (χ0) is 13.8. The van der Waals surface area contributed by atoms with Crippen LogP contribution in [-0.2, 0) is 4.74 Å². The second-order valence-electron chi connectivity index (χ2n) is 4.05. The van der Waals surface area contributed by atoms with E-state index in [0.717, 1.165) is 0 Å². The van der Waals surface area contributed by atoms with Gasteiger partial charge in [-0.15, -0.1) is 0 Å². The molecule has 0 bridgehead atoms. The van der Waals surface area contributed by atoms with Crippen molar-refractivity contribution in [2.45, 2.75) is 24.6 Å². The van der Waals surface area contributed by atoms with Crippen LogP contribution >= 0.6 is 0 Å². The van der Waals surface area contributed by atoms with Gasteiger partial charge in [0.1, 0.15) is 24.1 Å². The number of aliphatic hydroxyl groups excluding tert-OH is 3. The number of azide groups is 1. The number of aliphatic hydroxyl groups is 3. The SMILES string of the molecule is [N-]=[N+]=Nc1ccc(O[C@@H]2OC[C@@H](O)[C@H](O)[C@H]2O)cc1. The third kappa shape index (κ3) is 3.14. The standard InChI is InChI=1S/C11H13N3O5/c12-14-13-6-1-3-7(4-2-6)19-11-10(17)9(16)8(15)5-18-11/h1-4,8-11,15-17H,5H2/t8-,9+,10-,11+/m1/s1. The molecule has 0 amide bonds. The third-order valence-electron chi connectivity index (χ3n) is 2.70. The van der Waals surface area contributed by atoms with Crippen LogP contribution < -0.4 is 4.74 Å². The van der Waals surface area contributed by atoms with Crippen molar-refractivity contribution in [3.05, 3.63) is 34.7 Å². The van der Waals surface area contributed by atoms with Crippen molar-refractivity contribution in [3.63, 3.8) is 0 Å². The lowest BCUT2D eigenvalue weighted by Crippen LogP contribution is -2.54. The molecule has 1 aliphatic heterocycles. The molecule has 0 aromatic heterocycles. The van der Waals surface area contributed by atoms with Gasteiger partial charge in [0.15, 0.2) is 0 Å². The van der Waals surface area contributed by atoms with Gasteiger partial charge in [-0.2, -0.15) is 0 Å². The maximum absolute atomic E-state index is 9.68. The summed E-state index contributed by atoms with van der Waals surface area (Å²) in [5.41, 5.74) is 8.69. The Morgan fingerprint density at radius 1 is 1.21 bits per heavy atom. The Balaban J connectivity index is 2.02. The van der Waals surface area contributed by atoms with Crippen molar-refractivity contribution >= 4 is 5.69 Å². The zero-order valence-electron chi connectivity index (χ0n) is 9.83. The summed E-state index contributed by atoms with van der Waals surface area (Å²) >= 11 is 0. The minimum Gasteiger partial charge on any atom is -0.462 e. The Labute approximate surface area is 108 Å². The molecule has 3 N–H and O–H groups in total. The molecule has 0 spiro atoms. The second-order valence-corrected chi connectivity index (χ2v) is 4.05. The van der Waals surface area contributed by atoms with Crippen LogP contribution in [0.4, 0.5) is 5.69 Å². The van der Waals surface area contributed by atoms with Crippen molar-refractivity contribution in [3.8, 4) is 5.75 Å². The van der Waals surface area contributed by atoms with Crippen LogP contribution in [0.3, 0.4) is 0 Å². The van der Waals surface area contributed by atoms with Gasteiger partial charge < -0.3 is 24.8 Å². The van der Waals surface area contributed by atoms with E-state index in [2.05, 4.69) is 10.0 Å². The van der Waals surface area contributed by atoms with Gasteiger partial charge in [0, 0.05) is 10.6 Å². The number of hydrogen-bond donors (Lipinski definition) is 3. The maximum Gasteiger partial charge on any atom is 0.228 e. The van der Waals surface area contributed by atoms with E-state index >= 15 is 0 Å². The molecule has 19 heavy (non-hydrogen) atoms. The molecule has 4 atom stereocenters. The summed E-state index contributed by atoms with van der Waals surface area (Å²) in [6.45, 7) is -0.125. The van der Waals surface area contributed by atoms with Crippen LogP contribution in [0.5, 0.6) is 5.75 Å². The predicted octanol–water partition coefficient (Wildman–Crippen LogP) is 0.446. The highest BCUT2D eigenvalue weighted by Crippen LogP contribution is 2.23. The van der Waals surface area contributed by atoms with E-state index in [1.165, 1.54) is 24.3 Å². The molecule has 0 saturated carbocycles. The van der Waals surface area contributed by atoms with Crippen LogP contribution in [0.25, 0.3) is 10.4 Å². The summed E-state index contributed by atoms with van der Waals surface area (Å²) in [5, 5.41) is 31.9. The zero-order valence-corrected chi connectivity index (χ0v) is 9.83. The average molecular weight is 267 g/mol. The molecule has 2 rings (SSSR count). The maximum atomic E-state index is 9.68. The molecular weight excluding hydrogens is 254 g/mol. The number of benzene rings is 1. The Morgan fingerprint density at radius 3 is 2.53 bits per heavy atom. The Morgan fingerprint density at radius 2 is 1.89 bits per heavy atom. The van der Waals surface area contributed by atoms with E-state index in [1.54, 1.807) is 0 Å². The van der Waals surface area contributed by atoms with E-state index < -0.39 is 24.6 Å². The summed E-state index contributed by atoms with van der Waals surface area (Å²) in [6, 6.07) is 6.15. The van der Waals surface area contributed by atoms with Gasteiger partial charge in [0.25, 0.3) is 0 Å². The molecule has 8 heteroatoms. The van der Waals surface area contributed by atoms with E-state index in [9.17, 15) is 15.3 Å². The molecule has 1 heterocycles. The van der Waals surface area contributed by atoms with Gasteiger partial charge in [0.2, 0.25) is 6.29 Å². The fourth-order valence-corrected chi connectivity index (χ4v) is 1.66. The van der Waals surface area contributed by atoms with E-state index in [-0.39, 0.29) is 6.61 Å². The summed E-state index contributed by atoms with van der Waals surface area (Å²) in [7, 11) is 0. The Kier molecular flexibility index (Phi) is 4.20. The lowest BCUT2D eigenvalue weighted by atomic mass is 10.1. The Hall–Kier alpha value is -1.83. The lowest BCUT2D eigenvalue weighted by Gasteiger charge is -2.34. The summed E-state index contributed by atoms with van der Waals surface area (Å²) in [6.07, 6.45) is -4.87. The van der Waals surface area contributed by atoms with Gasteiger partial charge in [-0.05, 0) is 29.8 Å². The van der Waals surface area contributed by atoms with Crippen molar-refractivity contribution in [1.29, 1.82) is 0 Å². The molecule has 8 nitrogen and oxygen atoms in total. The molecule has 0 aliphatic carbocycles. The fourth-order valence-electron chi connectivity index (χ4n) is 1.66. The minimum atomic E-state index is -1.35. The van der Waals surface area contributed by atoms with Crippen LogP contribution in [0, 0.1) is 0 Å². The first-order valence-corrected chi connectivity index (χ1v) is 5.59. The molecule has 0 unspecified atom stereocenters. The molecule has 1 aliphatic rings. The highest BCUT2D eigenvalue weighted by Gasteiger charge is 2.38. The second kappa shape index (κ2) is 5.87. The predicted molar refractivity (Wildman–Crippen MR) is 63.6 cm³/mol. The summed E-state index contributed by atoms with van der Waals surface area (Å²) in [4.78, 5) is 2.64. The van der Waals surface area contributed by atoms with E-state index in [4.69, 9.17) is 15.0 Å². The van der Waals surface area contributed by atoms with Gasteiger partial charge in [0.05, 0.1) is 6.61 Å². The quantitative estimate of drug-likeness (QED) is 0.416. The summed E-state index contributed by atoms with van der Waals surface area (Å²) in [5.74, 6) is 0.379. The average Bonchev–Trinajstić information content (AvgIpc) is 2.42. The van der Waals surface area contributed by atoms with Gasteiger partial charge >= 0.3 is 0 Å². The van der Waals surface area contributed by atoms with Crippen LogP contribution in [0.15, 0.2) is 29.4 Å². The van der Waals surface area contributed by atoms with Crippen molar-refractivity contribution < 1.29 is 24.8 Å². The molecule has 1 aromatic rings. The number of rotatable bonds is 3. The van der Waals surface area contributed by atoms with Crippen LogP contribution in [0.1, 0.15) is 0 Å². The topological polar surface area (TPSA) is 128 Å².